The molecule has 0 aliphatic carbocycles. The third kappa shape index (κ3) is 5.96. The van der Waals surface area contributed by atoms with Crippen molar-refractivity contribution in [2.45, 2.75) is 39.5 Å². The Bertz CT molecular complexity index is 564. The van der Waals surface area contributed by atoms with Gasteiger partial charge in [0.1, 0.15) is 0 Å². The van der Waals surface area contributed by atoms with Crippen LogP contribution < -0.4 is 10.6 Å². The number of hydrogen-bond donors (Lipinski definition) is 2. The van der Waals surface area contributed by atoms with Crippen molar-refractivity contribution in [3.8, 4) is 0 Å². The van der Waals surface area contributed by atoms with Crippen LogP contribution in [0.2, 0.25) is 0 Å². The van der Waals surface area contributed by atoms with Crippen molar-refractivity contribution in [3.05, 3.63) is 34.9 Å². The summed E-state index contributed by atoms with van der Waals surface area (Å²) in [5.74, 6) is -0.345. The third-order valence-electron chi connectivity index (χ3n) is 4.63. The van der Waals surface area contributed by atoms with Crippen LogP contribution in [0.5, 0.6) is 0 Å². The first-order valence-corrected chi connectivity index (χ1v) is 8.91. The van der Waals surface area contributed by atoms with E-state index in [9.17, 15) is 9.59 Å². The molecule has 0 atom stereocenters. The topological polar surface area (TPSA) is 61.4 Å². The van der Waals surface area contributed by atoms with Gasteiger partial charge in [0.15, 0.2) is 0 Å². The van der Waals surface area contributed by atoms with Gasteiger partial charge in [-0.05, 0) is 63.0 Å². The van der Waals surface area contributed by atoms with Crippen LogP contribution in [0.4, 0.5) is 0 Å². The van der Waals surface area contributed by atoms with Crippen molar-refractivity contribution < 1.29 is 9.59 Å². The molecule has 0 aromatic heterocycles. The Kier molecular flexibility index (Phi) is 7.25. The maximum Gasteiger partial charge on any atom is 0.251 e. The Morgan fingerprint density at radius 2 is 1.71 bits per heavy atom. The summed E-state index contributed by atoms with van der Waals surface area (Å²) in [5.41, 5.74) is 2.82. The normalized spacial score (nSPS) is 15.6. The average molecular weight is 331 g/mol. The van der Waals surface area contributed by atoms with Crippen LogP contribution in [-0.2, 0) is 4.79 Å². The first-order valence-electron chi connectivity index (χ1n) is 8.91. The van der Waals surface area contributed by atoms with Gasteiger partial charge >= 0.3 is 0 Å². The van der Waals surface area contributed by atoms with E-state index in [4.69, 9.17) is 0 Å². The van der Waals surface area contributed by atoms with Gasteiger partial charge in [-0.1, -0.05) is 18.9 Å². The largest absolute Gasteiger partial charge is 0.353 e. The number of carbonyl (C=O) groups is 2. The monoisotopic (exact) mass is 331 g/mol. The van der Waals surface area contributed by atoms with Crippen LogP contribution in [0.1, 0.15) is 47.2 Å². The fourth-order valence-electron chi connectivity index (χ4n) is 2.92. The zero-order valence-electron chi connectivity index (χ0n) is 14.9. The lowest BCUT2D eigenvalue weighted by atomic mass is 10.1. The van der Waals surface area contributed by atoms with Crippen molar-refractivity contribution in [2.75, 3.05) is 32.7 Å². The number of hydrogen-bond acceptors (Lipinski definition) is 3. The lowest BCUT2D eigenvalue weighted by Gasteiger charge is -2.19. The van der Waals surface area contributed by atoms with Gasteiger partial charge in [-0.15, -0.1) is 0 Å². The summed E-state index contributed by atoms with van der Waals surface area (Å²) in [6.45, 7) is 7.77. The van der Waals surface area contributed by atoms with Crippen LogP contribution in [-0.4, -0.2) is 49.4 Å². The molecule has 5 nitrogen and oxygen atoms in total. The third-order valence-corrected chi connectivity index (χ3v) is 4.63. The molecule has 1 saturated heterocycles. The molecular formula is C19H29N3O2. The molecular weight excluding hydrogens is 302 g/mol. The summed E-state index contributed by atoms with van der Waals surface area (Å²) in [6.07, 6.45) is 5.13. The first-order chi connectivity index (χ1) is 11.6. The van der Waals surface area contributed by atoms with Gasteiger partial charge in [-0.2, -0.15) is 0 Å². The van der Waals surface area contributed by atoms with Gasteiger partial charge < -0.3 is 15.5 Å². The summed E-state index contributed by atoms with van der Waals surface area (Å²) < 4.78 is 0. The minimum atomic E-state index is -0.208. The number of rotatable bonds is 6. The van der Waals surface area contributed by atoms with Gasteiger partial charge in [0.2, 0.25) is 5.91 Å². The summed E-state index contributed by atoms with van der Waals surface area (Å²) in [5, 5.41) is 5.56. The number of nitrogens with one attached hydrogen (secondary N) is 2. The maximum absolute atomic E-state index is 12.1. The highest BCUT2D eigenvalue weighted by Crippen LogP contribution is 2.10. The highest BCUT2D eigenvalue weighted by Gasteiger charge is 2.11. The van der Waals surface area contributed by atoms with E-state index in [1.807, 2.05) is 26.0 Å². The van der Waals surface area contributed by atoms with Crippen molar-refractivity contribution >= 4 is 11.8 Å². The predicted octanol–water partition coefficient (Wildman–Crippen LogP) is 2.03. The van der Waals surface area contributed by atoms with Crippen LogP contribution in [0.15, 0.2) is 18.2 Å². The minimum absolute atomic E-state index is 0.0196. The molecule has 2 amide bonds. The standard InChI is InChI=1S/C19H29N3O2/c1-15-7-8-17(13-16(15)2)19(24)21-14-18(23)20-9-12-22-10-5-3-4-6-11-22/h7-8,13H,3-6,9-12,14H2,1-2H3,(H,20,23)(H,21,24). The van der Waals surface area contributed by atoms with E-state index < -0.39 is 0 Å². The average Bonchev–Trinajstić information content (AvgIpc) is 2.84. The number of carbonyl (C=O) groups excluding carboxylic acids is 2. The minimum Gasteiger partial charge on any atom is -0.353 e. The van der Waals surface area contributed by atoms with E-state index in [0.29, 0.717) is 12.1 Å². The Labute approximate surface area is 144 Å². The molecule has 1 aromatic carbocycles. The number of aryl methyl sites for hydroxylation is 2. The maximum atomic E-state index is 12.1. The van der Waals surface area contributed by atoms with Crippen LogP contribution in [0.25, 0.3) is 0 Å². The fraction of sp³-hybridized carbons (Fsp3) is 0.579. The molecule has 0 spiro atoms. The second-order valence-electron chi connectivity index (χ2n) is 6.59. The van der Waals surface area contributed by atoms with E-state index in [2.05, 4.69) is 15.5 Å². The highest BCUT2D eigenvalue weighted by molar-refractivity contribution is 5.96. The number of likely N-dealkylation sites (tertiary alicyclic amines) is 1. The highest BCUT2D eigenvalue weighted by atomic mass is 16.2. The molecule has 0 unspecified atom stereocenters. The van der Waals surface area contributed by atoms with Crippen molar-refractivity contribution in [1.82, 2.24) is 15.5 Å². The van der Waals surface area contributed by atoms with E-state index in [0.717, 1.165) is 30.8 Å². The van der Waals surface area contributed by atoms with Crippen LogP contribution in [0, 0.1) is 13.8 Å². The number of amides is 2. The second-order valence-corrected chi connectivity index (χ2v) is 6.59. The fourth-order valence-corrected chi connectivity index (χ4v) is 2.92. The summed E-state index contributed by atoms with van der Waals surface area (Å²) in [4.78, 5) is 26.3. The number of benzene rings is 1. The predicted molar refractivity (Wildman–Crippen MR) is 96.2 cm³/mol. The Morgan fingerprint density at radius 1 is 1.00 bits per heavy atom. The van der Waals surface area contributed by atoms with E-state index >= 15 is 0 Å². The van der Waals surface area contributed by atoms with Crippen LogP contribution in [0.3, 0.4) is 0 Å². The molecule has 0 bridgehead atoms. The molecule has 24 heavy (non-hydrogen) atoms. The summed E-state index contributed by atoms with van der Waals surface area (Å²) in [6, 6.07) is 5.56. The second kappa shape index (κ2) is 9.42. The molecule has 1 heterocycles. The quantitative estimate of drug-likeness (QED) is 0.838. The molecule has 2 N–H and O–H groups in total. The molecule has 2 rings (SSSR count). The molecule has 1 fully saturated rings. The van der Waals surface area contributed by atoms with Crippen LogP contribution >= 0.6 is 0 Å². The van der Waals surface area contributed by atoms with Crippen molar-refractivity contribution in [3.63, 3.8) is 0 Å². The Morgan fingerprint density at radius 3 is 2.38 bits per heavy atom. The first kappa shape index (κ1) is 18.5. The number of nitrogens with zero attached hydrogens (tertiary/aromatic N) is 1. The SMILES string of the molecule is Cc1ccc(C(=O)NCC(=O)NCCN2CCCCCC2)cc1C. The van der Waals surface area contributed by atoms with Crippen molar-refractivity contribution in [2.24, 2.45) is 0 Å². The van der Waals surface area contributed by atoms with Gasteiger partial charge in [-0.3, -0.25) is 9.59 Å². The summed E-state index contributed by atoms with van der Waals surface area (Å²) >= 11 is 0. The molecule has 1 aliphatic heterocycles. The van der Waals surface area contributed by atoms with Gasteiger partial charge in [0.05, 0.1) is 6.54 Å². The zero-order valence-corrected chi connectivity index (χ0v) is 14.9. The van der Waals surface area contributed by atoms with E-state index in [1.54, 1.807) is 6.07 Å². The summed E-state index contributed by atoms with van der Waals surface area (Å²) in [7, 11) is 0. The van der Waals surface area contributed by atoms with Gasteiger partial charge in [0, 0.05) is 18.7 Å². The molecule has 0 radical (unpaired) electrons. The van der Waals surface area contributed by atoms with E-state index in [-0.39, 0.29) is 18.4 Å². The van der Waals surface area contributed by atoms with E-state index in [1.165, 1.54) is 25.7 Å². The lowest BCUT2D eigenvalue weighted by molar-refractivity contribution is -0.120. The lowest BCUT2D eigenvalue weighted by Crippen LogP contribution is -2.40. The molecule has 5 heteroatoms. The Hall–Kier alpha value is -1.88. The smallest absolute Gasteiger partial charge is 0.251 e. The van der Waals surface area contributed by atoms with Gasteiger partial charge in [-0.25, -0.2) is 0 Å². The van der Waals surface area contributed by atoms with Crippen molar-refractivity contribution in [1.29, 1.82) is 0 Å². The zero-order chi connectivity index (χ0) is 17.4. The molecule has 132 valence electrons. The molecule has 1 aliphatic rings. The van der Waals surface area contributed by atoms with Gasteiger partial charge in [0.25, 0.3) is 5.91 Å². The molecule has 1 aromatic rings. The Balaban J connectivity index is 1.66. The molecule has 0 saturated carbocycles.